The van der Waals surface area contributed by atoms with Crippen molar-refractivity contribution in [3.63, 3.8) is 0 Å². The summed E-state index contributed by atoms with van der Waals surface area (Å²) >= 11 is 0. The molecular weight excluding hydrogens is 124 g/mol. The highest BCUT2D eigenvalue weighted by atomic mass is 16.1. The number of hydrogen-bond donors (Lipinski definition) is 0. The quantitative estimate of drug-likeness (QED) is 0.500. The topological polar surface area (TPSA) is 17.1 Å². The van der Waals surface area contributed by atoms with Gasteiger partial charge >= 0.3 is 0 Å². The van der Waals surface area contributed by atoms with Crippen molar-refractivity contribution in [2.75, 3.05) is 0 Å². The van der Waals surface area contributed by atoms with E-state index in [2.05, 4.69) is 13.8 Å². The molecule has 0 aromatic carbocycles. The van der Waals surface area contributed by atoms with E-state index in [0.29, 0.717) is 5.78 Å². The maximum Gasteiger partial charge on any atom is 0.139 e. The van der Waals surface area contributed by atoms with Crippen molar-refractivity contribution in [1.82, 2.24) is 0 Å². The summed E-state index contributed by atoms with van der Waals surface area (Å²) in [5.41, 5.74) is 0.101. The molecule has 0 radical (unpaired) electrons. The maximum absolute atomic E-state index is 11.3. The van der Waals surface area contributed by atoms with Gasteiger partial charge in [-0.05, 0) is 24.7 Å². The van der Waals surface area contributed by atoms with Crippen LogP contribution in [0.25, 0.3) is 0 Å². The van der Waals surface area contributed by atoms with Crippen molar-refractivity contribution in [1.29, 1.82) is 0 Å². The highest BCUT2D eigenvalue weighted by Gasteiger charge is 2.51. The van der Waals surface area contributed by atoms with Gasteiger partial charge in [0.1, 0.15) is 5.78 Å². The van der Waals surface area contributed by atoms with Crippen LogP contribution in [0.3, 0.4) is 0 Å². The van der Waals surface area contributed by atoms with Gasteiger partial charge in [0.15, 0.2) is 0 Å². The second-order valence-corrected chi connectivity index (χ2v) is 4.33. The van der Waals surface area contributed by atoms with Crippen LogP contribution in [0.2, 0.25) is 0 Å². The minimum atomic E-state index is 0.101. The summed E-state index contributed by atoms with van der Waals surface area (Å²) in [5.74, 6) is 2.07. The van der Waals surface area contributed by atoms with Crippen LogP contribution in [-0.2, 0) is 4.79 Å². The number of fused-ring (bicyclic) bond motifs is 2. The first-order valence-corrected chi connectivity index (χ1v) is 4.15. The first-order chi connectivity index (χ1) is 4.62. The largest absolute Gasteiger partial charge is 0.299 e. The Kier molecular flexibility index (Phi) is 1.04. The van der Waals surface area contributed by atoms with Crippen molar-refractivity contribution in [2.45, 2.75) is 33.1 Å². The average Bonchev–Trinajstić information content (AvgIpc) is 2.20. The number of rotatable bonds is 0. The molecule has 2 bridgehead atoms. The summed E-state index contributed by atoms with van der Waals surface area (Å²) in [6.07, 6.45) is 3.20. The summed E-state index contributed by atoms with van der Waals surface area (Å²) < 4.78 is 0. The van der Waals surface area contributed by atoms with E-state index in [1.807, 2.05) is 0 Å². The van der Waals surface area contributed by atoms with Crippen LogP contribution >= 0.6 is 0 Å². The Morgan fingerprint density at radius 2 is 2.20 bits per heavy atom. The lowest BCUT2D eigenvalue weighted by Gasteiger charge is -2.22. The van der Waals surface area contributed by atoms with Gasteiger partial charge in [0.2, 0.25) is 0 Å². The summed E-state index contributed by atoms with van der Waals surface area (Å²) in [6, 6.07) is 0. The summed E-state index contributed by atoms with van der Waals surface area (Å²) in [4.78, 5) is 11.3. The number of hydrogen-bond acceptors (Lipinski definition) is 1. The van der Waals surface area contributed by atoms with E-state index >= 15 is 0 Å². The molecule has 3 unspecified atom stereocenters. The van der Waals surface area contributed by atoms with Crippen LogP contribution in [0.15, 0.2) is 0 Å². The zero-order valence-corrected chi connectivity index (χ0v) is 6.68. The minimum absolute atomic E-state index is 0.101. The SMILES string of the molecule is CC1CC2(C)CC1CC2=O. The van der Waals surface area contributed by atoms with Crippen LogP contribution < -0.4 is 0 Å². The van der Waals surface area contributed by atoms with Gasteiger partial charge in [-0.15, -0.1) is 0 Å². The Hall–Kier alpha value is -0.330. The standard InChI is InChI=1S/C9H14O/c1-6-4-9(2)5-7(6)3-8(9)10/h6-7H,3-5H2,1-2H3. The fraction of sp³-hybridized carbons (Fsp3) is 0.889. The lowest BCUT2D eigenvalue weighted by Crippen LogP contribution is -2.23. The molecule has 0 saturated heterocycles. The molecule has 0 aliphatic heterocycles. The molecule has 0 N–H and O–H groups in total. The third kappa shape index (κ3) is 0.609. The zero-order chi connectivity index (χ0) is 7.35. The number of ketones is 1. The van der Waals surface area contributed by atoms with E-state index < -0.39 is 0 Å². The molecule has 56 valence electrons. The molecule has 1 heteroatoms. The third-order valence-corrected chi connectivity index (χ3v) is 3.41. The molecule has 0 amide bonds. The van der Waals surface area contributed by atoms with Crippen molar-refractivity contribution in [2.24, 2.45) is 17.3 Å². The molecule has 2 saturated carbocycles. The highest BCUT2D eigenvalue weighted by molar-refractivity contribution is 5.87. The van der Waals surface area contributed by atoms with Crippen molar-refractivity contribution in [3.05, 3.63) is 0 Å². The van der Waals surface area contributed by atoms with Gasteiger partial charge in [-0.25, -0.2) is 0 Å². The maximum atomic E-state index is 11.3. The number of carbonyl (C=O) groups excluding carboxylic acids is 1. The van der Waals surface area contributed by atoms with Gasteiger partial charge in [-0.3, -0.25) is 4.79 Å². The van der Waals surface area contributed by atoms with E-state index in [0.717, 1.165) is 24.7 Å². The second kappa shape index (κ2) is 1.63. The van der Waals surface area contributed by atoms with E-state index in [1.165, 1.54) is 6.42 Å². The number of Topliss-reactive ketones (excluding diaryl/α,β-unsaturated/α-hetero) is 1. The highest BCUT2D eigenvalue weighted by Crippen LogP contribution is 2.54. The van der Waals surface area contributed by atoms with Crippen LogP contribution in [0.4, 0.5) is 0 Å². The molecule has 0 aromatic rings. The molecule has 0 aromatic heterocycles. The molecule has 2 aliphatic rings. The van der Waals surface area contributed by atoms with Gasteiger partial charge in [-0.1, -0.05) is 13.8 Å². The Morgan fingerprint density at radius 3 is 2.50 bits per heavy atom. The predicted molar refractivity (Wildman–Crippen MR) is 39.6 cm³/mol. The Bertz CT molecular complexity index is 181. The normalized spacial score (nSPS) is 52.4. The summed E-state index contributed by atoms with van der Waals surface area (Å²) in [5, 5.41) is 0. The van der Waals surface area contributed by atoms with E-state index in [1.54, 1.807) is 0 Å². The lowest BCUT2D eigenvalue weighted by molar-refractivity contribution is -0.126. The van der Waals surface area contributed by atoms with E-state index in [9.17, 15) is 4.79 Å². The van der Waals surface area contributed by atoms with Gasteiger partial charge in [0.25, 0.3) is 0 Å². The third-order valence-electron chi connectivity index (χ3n) is 3.41. The van der Waals surface area contributed by atoms with Crippen LogP contribution in [0, 0.1) is 17.3 Å². The van der Waals surface area contributed by atoms with Crippen molar-refractivity contribution >= 4 is 5.78 Å². The summed E-state index contributed by atoms with van der Waals surface area (Å²) in [6.45, 7) is 4.42. The molecule has 2 rings (SSSR count). The van der Waals surface area contributed by atoms with Gasteiger partial charge in [-0.2, -0.15) is 0 Å². The molecule has 1 nitrogen and oxygen atoms in total. The fourth-order valence-electron chi connectivity index (χ4n) is 2.73. The Labute approximate surface area is 61.8 Å². The Morgan fingerprint density at radius 1 is 1.50 bits per heavy atom. The number of carbonyl (C=O) groups is 1. The minimum Gasteiger partial charge on any atom is -0.299 e. The van der Waals surface area contributed by atoms with Crippen LogP contribution in [0.5, 0.6) is 0 Å². The van der Waals surface area contributed by atoms with Crippen molar-refractivity contribution < 1.29 is 4.79 Å². The van der Waals surface area contributed by atoms with E-state index in [4.69, 9.17) is 0 Å². The smallest absolute Gasteiger partial charge is 0.139 e. The molecular formula is C9H14O. The monoisotopic (exact) mass is 138 g/mol. The molecule has 10 heavy (non-hydrogen) atoms. The average molecular weight is 138 g/mol. The van der Waals surface area contributed by atoms with Gasteiger partial charge in [0.05, 0.1) is 0 Å². The van der Waals surface area contributed by atoms with E-state index in [-0.39, 0.29) is 5.41 Å². The Balaban J connectivity index is 2.29. The summed E-state index contributed by atoms with van der Waals surface area (Å²) in [7, 11) is 0. The van der Waals surface area contributed by atoms with Crippen LogP contribution in [-0.4, -0.2) is 5.78 Å². The molecule has 3 atom stereocenters. The first-order valence-electron chi connectivity index (χ1n) is 4.15. The molecule has 0 spiro atoms. The van der Waals surface area contributed by atoms with Crippen molar-refractivity contribution in [3.8, 4) is 0 Å². The predicted octanol–water partition coefficient (Wildman–Crippen LogP) is 2.01. The molecule has 2 aliphatic carbocycles. The van der Waals surface area contributed by atoms with Gasteiger partial charge in [0, 0.05) is 11.8 Å². The van der Waals surface area contributed by atoms with Crippen LogP contribution in [0.1, 0.15) is 33.1 Å². The molecule has 2 fully saturated rings. The fourth-order valence-corrected chi connectivity index (χ4v) is 2.73. The molecule has 0 heterocycles. The zero-order valence-electron chi connectivity index (χ0n) is 6.68. The van der Waals surface area contributed by atoms with Gasteiger partial charge < -0.3 is 0 Å². The first kappa shape index (κ1) is 6.38. The second-order valence-electron chi connectivity index (χ2n) is 4.33. The lowest BCUT2D eigenvalue weighted by atomic mass is 9.81.